The van der Waals surface area contributed by atoms with Gasteiger partial charge in [0, 0.05) is 20.8 Å². The summed E-state index contributed by atoms with van der Waals surface area (Å²) < 4.78 is 1.19. The van der Waals surface area contributed by atoms with E-state index >= 15 is 0 Å². The first-order valence-electron chi connectivity index (χ1n) is 7.17. The lowest BCUT2D eigenvalue weighted by Crippen LogP contribution is -2.46. The van der Waals surface area contributed by atoms with Gasteiger partial charge in [0.05, 0.1) is 0 Å². The van der Waals surface area contributed by atoms with Gasteiger partial charge in [-0.05, 0) is 52.2 Å². The highest BCUT2D eigenvalue weighted by Gasteiger charge is 2.35. The van der Waals surface area contributed by atoms with Gasteiger partial charge in [-0.25, -0.2) is 0 Å². The molecule has 2 rings (SSSR count). The van der Waals surface area contributed by atoms with E-state index < -0.39 is 0 Å². The first-order chi connectivity index (χ1) is 9.64. The van der Waals surface area contributed by atoms with Gasteiger partial charge in [0.2, 0.25) is 0 Å². The first-order valence-corrected chi connectivity index (χ1v) is 8.84. The molecule has 2 aromatic rings. The molecule has 1 nitrogen and oxygen atoms in total. The molecule has 1 atom stereocenters. The molecule has 1 unspecified atom stereocenters. The Hall–Kier alpha value is -0.640. The second-order valence-electron chi connectivity index (χ2n) is 5.23. The van der Waals surface area contributed by atoms with Crippen LogP contribution in [-0.2, 0) is 11.8 Å². The predicted molar refractivity (Wildman–Crippen MR) is 92.4 cm³/mol. The number of hydrogen-bond donors (Lipinski definition) is 1. The Morgan fingerprint density at radius 2 is 1.80 bits per heavy atom. The lowest BCUT2D eigenvalue weighted by molar-refractivity contribution is 0.316. The van der Waals surface area contributed by atoms with Crippen LogP contribution in [0.1, 0.15) is 37.1 Å². The van der Waals surface area contributed by atoms with Crippen molar-refractivity contribution in [2.24, 2.45) is 5.73 Å². The Morgan fingerprint density at radius 1 is 1.15 bits per heavy atom. The summed E-state index contributed by atoms with van der Waals surface area (Å²) in [4.78, 5) is 1.35. The molecular formula is C17H22BrNS. The normalized spacial score (nSPS) is 13.4. The summed E-state index contributed by atoms with van der Waals surface area (Å²) in [6, 6.07) is 13.0. The van der Waals surface area contributed by atoms with Crippen molar-refractivity contribution < 1.29 is 0 Å². The fraction of sp³-hybridized carbons (Fsp3) is 0.412. The summed E-state index contributed by atoms with van der Waals surface area (Å²) in [5, 5.41) is 2.12. The van der Waals surface area contributed by atoms with Gasteiger partial charge in [0.1, 0.15) is 0 Å². The van der Waals surface area contributed by atoms with E-state index in [1.54, 1.807) is 11.3 Å². The molecule has 3 heteroatoms. The molecule has 0 aliphatic carbocycles. The number of hydrogen-bond acceptors (Lipinski definition) is 2. The van der Waals surface area contributed by atoms with Gasteiger partial charge in [0.15, 0.2) is 0 Å². The van der Waals surface area contributed by atoms with Gasteiger partial charge in [0.25, 0.3) is 0 Å². The fourth-order valence-electron chi connectivity index (χ4n) is 3.03. The maximum Gasteiger partial charge on any atom is 0.0314 e. The molecule has 0 fully saturated rings. The fourth-order valence-corrected chi connectivity index (χ4v) is 4.61. The van der Waals surface area contributed by atoms with Crippen LogP contribution in [0.2, 0.25) is 0 Å². The van der Waals surface area contributed by atoms with Crippen molar-refractivity contribution in [3.8, 4) is 0 Å². The third-order valence-electron chi connectivity index (χ3n) is 4.42. The van der Waals surface area contributed by atoms with Crippen molar-refractivity contribution in [2.45, 2.75) is 44.6 Å². The molecule has 2 N–H and O–H groups in total. The maximum atomic E-state index is 6.65. The van der Waals surface area contributed by atoms with Gasteiger partial charge in [-0.2, -0.15) is 0 Å². The molecule has 1 heterocycles. The van der Waals surface area contributed by atoms with E-state index in [-0.39, 0.29) is 11.5 Å². The maximum absolute atomic E-state index is 6.65. The minimum Gasteiger partial charge on any atom is -0.327 e. The van der Waals surface area contributed by atoms with Crippen molar-refractivity contribution >= 4 is 27.3 Å². The highest BCUT2D eigenvalue weighted by atomic mass is 79.9. The molecule has 20 heavy (non-hydrogen) atoms. The Morgan fingerprint density at radius 3 is 2.30 bits per heavy atom. The second-order valence-corrected chi connectivity index (χ2v) is 7.09. The monoisotopic (exact) mass is 351 g/mol. The molecule has 0 aliphatic heterocycles. The Labute approximate surface area is 134 Å². The van der Waals surface area contributed by atoms with Crippen LogP contribution in [0.4, 0.5) is 0 Å². The molecule has 0 radical (unpaired) electrons. The molecule has 1 aromatic heterocycles. The quantitative estimate of drug-likeness (QED) is 0.765. The topological polar surface area (TPSA) is 26.0 Å². The van der Waals surface area contributed by atoms with Gasteiger partial charge in [-0.15, -0.1) is 11.3 Å². The van der Waals surface area contributed by atoms with Crippen LogP contribution in [0, 0.1) is 0 Å². The van der Waals surface area contributed by atoms with Crippen molar-refractivity contribution in [1.82, 2.24) is 0 Å². The smallest absolute Gasteiger partial charge is 0.0314 e. The zero-order valence-electron chi connectivity index (χ0n) is 12.1. The van der Waals surface area contributed by atoms with Crippen LogP contribution >= 0.6 is 27.3 Å². The van der Waals surface area contributed by atoms with E-state index in [1.165, 1.54) is 14.9 Å². The summed E-state index contributed by atoms with van der Waals surface area (Å²) in [5.41, 5.74) is 8.08. The van der Waals surface area contributed by atoms with E-state index in [2.05, 4.69) is 71.6 Å². The molecule has 0 amide bonds. The average Bonchev–Trinajstić information content (AvgIpc) is 2.87. The highest BCUT2D eigenvalue weighted by molar-refractivity contribution is 9.10. The Bertz CT molecular complexity index is 531. The van der Waals surface area contributed by atoms with Crippen molar-refractivity contribution in [1.29, 1.82) is 0 Å². The number of halogens is 1. The lowest BCUT2D eigenvalue weighted by Gasteiger charge is -2.38. The molecule has 108 valence electrons. The van der Waals surface area contributed by atoms with Gasteiger partial charge in [-0.3, -0.25) is 0 Å². The van der Waals surface area contributed by atoms with Crippen molar-refractivity contribution in [3.63, 3.8) is 0 Å². The minimum atomic E-state index is 0.0602. The number of rotatable bonds is 6. The molecule has 0 bridgehead atoms. The van der Waals surface area contributed by atoms with Gasteiger partial charge < -0.3 is 5.73 Å². The van der Waals surface area contributed by atoms with Crippen LogP contribution in [0.25, 0.3) is 0 Å². The highest BCUT2D eigenvalue weighted by Crippen LogP contribution is 2.37. The van der Waals surface area contributed by atoms with Crippen LogP contribution in [0.15, 0.2) is 46.3 Å². The summed E-state index contributed by atoms with van der Waals surface area (Å²) in [6.45, 7) is 4.50. The number of thiophene rings is 1. The van der Waals surface area contributed by atoms with Crippen LogP contribution < -0.4 is 5.73 Å². The second kappa shape index (κ2) is 6.88. The molecule has 0 aliphatic rings. The van der Waals surface area contributed by atoms with Crippen LogP contribution in [-0.4, -0.2) is 6.04 Å². The first kappa shape index (κ1) is 15.7. The van der Waals surface area contributed by atoms with Gasteiger partial charge >= 0.3 is 0 Å². The average molecular weight is 352 g/mol. The van der Waals surface area contributed by atoms with E-state index in [9.17, 15) is 0 Å². The van der Waals surface area contributed by atoms with Gasteiger partial charge in [-0.1, -0.05) is 44.2 Å². The van der Waals surface area contributed by atoms with Crippen LogP contribution in [0.3, 0.4) is 0 Å². The van der Waals surface area contributed by atoms with Crippen molar-refractivity contribution in [2.75, 3.05) is 0 Å². The zero-order valence-corrected chi connectivity index (χ0v) is 14.5. The molecule has 0 spiro atoms. The number of benzene rings is 1. The van der Waals surface area contributed by atoms with E-state index in [1.807, 2.05) is 0 Å². The van der Waals surface area contributed by atoms with Crippen LogP contribution in [0.5, 0.6) is 0 Å². The Balaban J connectivity index is 2.30. The third kappa shape index (κ3) is 3.00. The standard InChI is InChI=1S/C17H22BrNS/c1-3-17(4-2,13-8-6-5-7-9-13)16(19)12-15-14(18)10-11-20-15/h5-11,16H,3-4,12,19H2,1-2H3. The van der Waals surface area contributed by atoms with Crippen molar-refractivity contribution in [3.05, 3.63) is 56.7 Å². The SMILES string of the molecule is CCC(CC)(c1ccccc1)C(N)Cc1sccc1Br. The summed E-state index contributed by atoms with van der Waals surface area (Å²) in [7, 11) is 0. The molecule has 0 saturated carbocycles. The predicted octanol–water partition coefficient (Wildman–Crippen LogP) is 5.14. The molecular weight excluding hydrogens is 330 g/mol. The number of nitrogens with two attached hydrogens (primary N) is 1. The summed E-state index contributed by atoms with van der Waals surface area (Å²) in [6.07, 6.45) is 3.06. The summed E-state index contributed by atoms with van der Waals surface area (Å²) in [5.74, 6) is 0. The summed E-state index contributed by atoms with van der Waals surface area (Å²) >= 11 is 5.40. The minimum absolute atomic E-state index is 0.0602. The van der Waals surface area contributed by atoms with E-state index in [4.69, 9.17) is 5.73 Å². The Kier molecular flexibility index (Phi) is 5.42. The zero-order chi connectivity index (χ0) is 14.6. The lowest BCUT2D eigenvalue weighted by atomic mass is 9.69. The largest absolute Gasteiger partial charge is 0.327 e. The molecule has 0 saturated heterocycles. The third-order valence-corrected chi connectivity index (χ3v) is 6.37. The van der Waals surface area contributed by atoms with E-state index in [0.29, 0.717) is 0 Å². The van der Waals surface area contributed by atoms with E-state index in [0.717, 1.165) is 19.3 Å². The molecule has 1 aromatic carbocycles.